The van der Waals surface area contributed by atoms with Crippen LogP contribution in [-0.4, -0.2) is 15.2 Å². The first kappa shape index (κ1) is 13.3. The average molecular weight is 262 g/mol. The summed E-state index contributed by atoms with van der Waals surface area (Å²) in [4.78, 5) is 10.8. The van der Waals surface area contributed by atoms with Gasteiger partial charge in [0.25, 0.3) is 5.91 Å². The molecule has 0 fully saturated rings. The van der Waals surface area contributed by atoms with E-state index in [9.17, 15) is 14.1 Å². The summed E-state index contributed by atoms with van der Waals surface area (Å²) in [7, 11) is -3.17. The van der Waals surface area contributed by atoms with Crippen LogP contribution in [0.4, 0.5) is 0 Å². The lowest BCUT2D eigenvalue weighted by molar-refractivity contribution is -0.115. The van der Waals surface area contributed by atoms with Crippen molar-refractivity contribution in [2.45, 2.75) is 30.6 Å². The third-order valence-corrected chi connectivity index (χ3v) is 4.78. The molecule has 1 aromatic heterocycles. The summed E-state index contributed by atoms with van der Waals surface area (Å²) in [6, 6.07) is 1.51. The lowest BCUT2D eigenvalue weighted by Crippen LogP contribution is -2.15. The molecule has 0 spiro atoms. The van der Waals surface area contributed by atoms with Crippen LogP contribution in [-0.2, 0) is 20.3 Å². The Balaban J connectivity index is 3.23. The molecule has 1 aromatic rings. The van der Waals surface area contributed by atoms with Crippen molar-refractivity contribution < 1.29 is 14.1 Å². The highest BCUT2D eigenvalue weighted by Crippen LogP contribution is 2.28. The lowest BCUT2D eigenvalue weighted by atomic mass is 10.0. The fraction of sp³-hybridized carbons (Fsp3) is 0.444. The van der Waals surface area contributed by atoms with Crippen LogP contribution in [0.3, 0.4) is 0 Å². The van der Waals surface area contributed by atoms with Crippen LogP contribution in [0, 0.1) is 0 Å². The van der Waals surface area contributed by atoms with Crippen molar-refractivity contribution in [1.29, 1.82) is 0 Å². The van der Waals surface area contributed by atoms with Crippen molar-refractivity contribution in [3.8, 4) is 0 Å². The number of carbonyl (C=O) groups excluding carboxylic acids is 1. The predicted molar refractivity (Wildman–Crippen MR) is 63.3 cm³/mol. The highest BCUT2D eigenvalue weighted by molar-refractivity contribution is 7.93. The summed E-state index contributed by atoms with van der Waals surface area (Å²) in [5, 5.41) is 16.8. The molecule has 0 aromatic carbocycles. The Labute approximate surface area is 98.6 Å². The van der Waals surface area contributed by atoms with Gasteiger partial charge in [-0.15, -0.1) is 15.7 Å². The smallest absolute Gasteiger partial charge is 0.251 e. The molecule has 3 N–H and O–H groups in total. The Morgan fingerprint density at radius 3 is 2.56 bits per heavy atom. The zero-order chi connectivity index (χ0) is 12.6. The second kappa shape index (κ2) is 4.25. The fourth-order valence-electron chi connectivity index (χ4n) is 1.03. The molecule has 0 aliphatic rings. The van der Waals surface area contributed by atoms with Crippen molar-refractivity contribution in [2.24, 2.45) is 9.50 Å². The largest absolute Gasteiger partial charge is 0.386 e. The van der Waals surface area contributed by atoms with Gasteiger partial charge in [-0.05, 0) is 30.9 Å². The van der Waals surface area contributed by atoms with E-state index in [2.05, 4.69) is 4.36 Å². The van der Waals surface area contributed by atoms with Gasteiger partial charge in [0, 0.05) is 6.92 Å². The van der Waals surface area contributed by atoms with Crippen LogP contribution in [0.5, 0.6) is 0 Å². The van der Waals surface area contributed by atoms with Crippen LogP contribution in [0.25, 0.3) is 0 Å². The molecular weight excluding hydrogens is 248 g/mol. The molecule has 1 unspecified atom stereocenters. The number of amides is 1. The minimum atomic E-state index is -3.17. The predicted octanol–water partition coefficient (Wildman–Crippen LogP) is 1.22. The van der Waals surface area contributed by atoms with E-state index >= 15 is 0 Å². The number of rotatable bonds is 2. The Morgan fingerprint density at radius 2 is 2.19 bits per heavy atom. The minimum absolute atomic E-state index is 0.292. The number of thiophene rings is 1. The first-order valence-electron chi connectivity index (χ1n) is 4.50. The van der Waals surface area contributed by atoms with E-state index in [4.69, 9.17) is 5.14 Å². The number of hydrogen-bond donors (Lipinski definition) is 2. The van der Waals surface area contributed by atoms with E-state index in [-0.39, 0.29) is 0 Å². The Morgan fingerprint density at radius 1 is 1.62 bits per heavy atom. The SMILES string of the molecule is CC(=O)N=S(N)(=O)c1cc(C(C)(C)O)cs1. The Hall–Kier alpha value is -0.760. The lowest BCUT2D eigenvalue weighted by Gasteiger charge is -2.14. The second-order valence-electron chi connectivity index (χ2n) is 3.89. The van der Waals surface area contributed by atoms with Gasteiger partial charge in [0.1, 0.15) is 4.21 Å². The molecule has 0 radical (unpaired) electrons. The van der Waals surface area contributed by atoms with Crippen LogP contribution in [0.2, 0.25) is 0 Å². The molecule has 1 amide bonds. The summed E-state index contributed by atoms with van der Waals surface area (Å²) in [5.41, 5.74) is -0.426. The van der Waals surface area contributed by atoms with Crippen molar-refractivity contribution in [3.05, 3.63) is 17.0 Å². The highest BCUT2D eigenvalue weighted by Gasteiger charge is 2.20. The third-order valence-electron chi connectivity index (χ3n) is 1.83. The molecule has 90 valence electrons. The van der Waals surface area contributed by atoms with Crippen LogP contribution in [0.15, 0.2) is 20.0 Å². The van der Waals surface area contributed by atoms with E-state index in [0.717, 1.165) is 11.3 Å². The van der Waals surface area contributed by atoms with Crippen molar-refractivity contribution in [3.63, 3.8) is 0 Å². The molecule has 1 atom stereocenters. The zero-order valence-electron chi connectivity index (χ0n) is 9.26. The summed E-state index contributed by atoms with van der Waals surface area (Å²) in [6.45, 7) is 4.41. The van der Waals surface area contributed by atoms with E-state index in [0.29, 0.717) is 9.77 Å². The monoisotopic (exact) mass is 262 g/mol. The standard InChI is InChI=1S/C9H14N2O3S2/c1-6(12)11-16(10,14)8-4-7(5-15-8)9(2,3)13/h4-5,13H,1-3H3,(H2,10,11,12,14). The minimum Gasteiger partial charge on any atom is -0.386 e. The van der Waals surface area contributed by atoms with Crippen molar-refractivity contribution in [2.75, 3.05) is 0 Å². The number of aliphatic hydroxyl groups is 1. The third kappa shape index (κ3) is 3.11. The molecule has 5 nitrogen and oxygen atoms in total. The molecule has 0 saturated carbocycles. The van der Waals surface area contributed by atoms with Gasteiger partial charge in [-0.2, -0.15) is 0 Å². The van der Waals surface area contributed by atoms with Crippen molar-refractivity contribution in [1.82, 2.24) is 0 Å². The molecule has 0 aliphatic heterocycles. The average Bonchev–Trinajstić information content (AvgIpc) is 2.47. The van der Waals surface area contributed by atoms with Gasteiger partial charge in [-0.3, -0.25) is 4.79 Å². The molecule has 0 saturated heterocycles. The quantitative estimate of drug-likeness (QED) is 0.839. The van der Waals surface area contributed by atoms with Crippen LogP contribution in [0.1, 0.15) is 26.3 Å². The zero-order valence-corrected chi connectivity index (χ0v) is 10.9. The van der Waals surface area contributed by atoms with Gasteiger partial charge in [0.2, 0.25) is 0 Å². The summed E-state index contributed by atoms with van der Waals surface area (Å²) in [5.74, 6) is -0.578. The van der Waals surface area contributed by atoms with E-state index in [1.165, 1.54) is 13.0 Å². The maximum atomic E-state index is 11.9. The van der Waals surface area contributed by atoms with Crippen molar-refractivity contribution >= 4 is 27.2 Å². The van der Waals surface area contributed by atoms with Crippen LogP contribution < -0.4 is 5.14 Å². The summed E-state index contributed by atoms with van der Waals surface area (Å²) >= 11 is 1.12. The number of nitrogens with two attached hydrogens (primary N) is 1. The number of carbonyl (C=O) groups is 1. The summed E-state index contributed by atoms with van der Waals surface area (Å²) < 4.78 is 15.5. The number of hydrogen-bond acceptors (Lipinski definition) is 4. The van der Waals surface area contributed by atoms with E-state index in [1.807, 2.05) is 0 Å². The molecule has 16 heavy (non-hydrogen) atoms. The second-order valence-corrected chi connectivity index (χ2v) is 6.82. The maximum Gasteiger partial charge on any atom is 0.251 e. The molecule has 1 rings (SSSR count). The Bertz CT molecular complexity index is 519. The van der Waals surface area contributed by atoms with Crippen LogP contribution >= 0.6 is 11.3 Å². The fourth-order valence-corrected chi connectivity index (χ4v) is 3.40. The summed E-state index contributed by atoms with van der Waals surface area (Å²) in [6.07, 6.45) is 0. The Kier molecular flexibility index (Phi) is 3.53. The van der Waals surface area contributed by atoms with E-state index in [1.54, 1.807) is 19.2 Å². The molecule has 7 heteroatoms. The highest BCUT2D eigenvalue weighted by atomic mass is 32.2. The van der Waals surface area contributed by atoms with E-state index < -0.39 is 21.4 Å². The van der Waals surface area contributed by atoms with Gasteiger partial charge >= 0.3 is 0 Å². The molecular formula is C9H14N2O3S2. The van der Waals surface area contributed by atoms with Gasteiger partial charge in [0.05, 0.1) is 5.60 Å². The topological polar surface area (TPSA) is 92.8 Å². The molecule has 0 bridgehead atoms. The van der Waals surface area contributed by atoms with Gasteiger partial charge in [-0.1, -0.05) is 0 Å². The first-order valence-corrected chi connectivity index (χ1v) is 6.95. The first-order chi connectivity index (χ1) is 7.13. The molecule has 0 aliphatic carbocycles. The normalized spacial score (nSPS) is 15.6. The van der Waals surface area contributed by atoms with Gasteiger partial charge in [0.15, 0.2) is 9.92 Å². The van der Waals surface area contributed by atoms with Gasteiger partial charge < -0.3 is 5.11 Å². The number of nitrogens with zero attached hydrogens (tertiary/aromatic N) is 1. The maximum absolute atomic E-state index is 11.9. The van der Waals surface area contributed by atoms with Gasteiger partial charge in [-0.25, -0.2) is 9.35 Å². The molecule has 1 heterocycles.